The molecule has 1 aromatic rings. The molecule has 0 aromatic heterocycles. The van der Waals surface area contributed by atoms with E-state index in [4.69, 9.17) is 0 Å². The Kier molecular flexibility index (Phi) is 2.52. The Morgan fingerprint density at radius 3 is 2.27 bits per heavy atom. The van der Waals surface area contributed by atoms with Crippen LogP contribution in [0.5, 0.6) is 0 Å². The maximum atomic E-state index is 13.4. The van der Waals surface area contributed by atoms with Crippen molar-refractivity contribution in [1.82, 2.24) is 0 Å². The van der Waals surface area contributed by atoms with Crippen molar-refractivity contribution in [3.8, 4) is 0 Å². The van der Waals surface area contributed by atoms with Gasteiger partial charge in [-0.2, -0.15) is 4.39 Å². The molecule has 1 saturated heterocycles. The summed E-state index contributed by atoms with van der Waals surface area (Å²) in [7, 11) is 0. The summed E-state index contributed by atoms with van der Waals surface area (Å²) in [6, 6.07) is 3.09. The van der Waals surface area contributed by atoms with Gasteiger partial charge in [0.1, 0.15) is 0 Å². The van der Waals surface area contributed by atoms with E-state index in [2.05, 4.69) is 0 Å². The minimum atomic E-state index is -0.991. The molecule has 2 aliphatic carbocycles. The van der Waals surface area contributed by atoms with Crippen molar-refractivity contribution in [2.75, 3.05) is 4.90 Å². The van der Waals surface area contributed by atoms with Gasteiger partial charge in [0.25, 0.3) is 0 Å². The van der Waals surface area contributed by atoms with Crippen molar-refractivity contribution in [1.29, 1.82) is 0 Å². The third kappa shape index (κ3) is 1.53. The molecule has 3 aliphatic rings. The first-order valence-electron chi connectivity index (χ1n) is 6.99. The van der Waals surface area contributed by atoms with Gasteiger partial charge in [0, 0.05) is 6.07 Å². The quantitative estimate of drug-likeness (QED) is 0.362. The summed E-state index contributed by atoms with van der Waals surface area (Å²) in [5.41, 5.74) is -0.673. The van der Waals surface area contributed by atoms with Gasteiger partial charge in [0.05, 0.1) is 22.4 Å². The first-order valence-corrected chi connectivity index (χ1v) is 6.99. The molecule has 0 N–H and O–H groups in total. The van der Waals surface area contributed by atoms with Crippen LogP contribution in [0.15, 0.2) is 30.4 Å². The Hall–Kier alpha value is -2.57. The van der Waals surface area contributed by atoms with Gasteiger partial charge in [-0.25, -0.2) is 4.90 Å². The van der Waals surface area contributed by atoms with Crippen LogP contribution in [-0.2, 0) is 9.59 Å². The van der Waals surface area contributed by atoms with E-state index in [0.717, 1.165) is 23.5 Å². The van der Waals surface area contributed by atoms with Crippen LogP contribution in [0, 0.1) is 39.6 Å². The van der Waals surface area contributed by atoms with E-state index >= 15 is 0 Å². The third-order valence-corrected chi connectivity index (χ3v) is 4.85. The zero-order chi connectivity index (χ0) is 15.6. The van der Waals surface area contributed by atoms with Gasteiger partial charge in [-0.3, -0.25) is 19.7 Å². The number of benzene rings is 1. The van der Waals surface area contributed by atoms with Crippen LogP contribution >= 0.6 is 0 Å². The van der Waals surface area contributed by atoms with E-state index in [1.165, 1.54) is 6.07 Å². The zero-order valence-corrected chi connectivity index (χ0v) is 11.3. The van der Waals surface area contributed by atoms with Gasteiger partial charge >= 0.3 is 5.69 Å². The van der Waals surface area contributed by atoms with Gasteiger partial charge in [-0.05, 0) is 30.4 Å². The second-order valence-corrected chi connectivity index (χ2v) is 5.90. The fourth-order valence-corrected chi connectivity index (χ4v) is 3.94. The molecule has 1 aromatic carbocycles. The molecule has 4 rings (SSSR count). The number of carbonyl (C=O) groups is 2. The van der Waals surface area contributed by atoms with Crippen molar-refractivity contribution < 1.29 is 18.9 Å². The number of allylic oxidation sites excluding steroid dienone is 2. The summed E-state index contributed by atoms with van der Waals surface area (Å²) in [6.07, 6.45) is 4.74. The molecular formula is C15H11FN2O4. The predicted octanol–water partition coefficient (Wildman–Crippen LogP) is 2.05. The Balaban J connectivity index is 1.76. The number of hydrogen-bond acceptors (Lipinski definition) is 4. The number of amides is 2. The number of halogens is 1. The van der Waals surface area contributed by atoms with E-state index in [1.807, 2.05) is 12.2 Å². The molecule has 1 heterocycles. The zero-order valence-electron chi connectivity index (χ0n) is 11.3. The van der Waals surface area contributed by atoms with Crippen LogP contribution in [0.25, 0.3) is 0 Å². The predicted molar refractivity (Wildman–Crippen MR) is 73.3 cm³/mol. The standard InChI is InChI=1S/C15H11FN2O4/c16-10-4-3-9(6-11(10)18(21)22)17-14(19)12-7-1-2-8(5-7)13(12)15(17)20/h1-4,6-8,12-13H,5H2/t7-,8-,12+,13+/m0/s1. The molecule has 1 aliphatic heterocycles. The molecule has 0 unspecified atom stereocenters. The largest absolute Gasteiger partial charge is 0.306 e. The van der Waals surface area contributed by atoms with Crippen molar-refractivity contribution >= 4 is 23.2 Å². The molecule has 2 amide bonds. The van der Waals surface area contributed by atoms with E-state index in [1.54, 1.807) is 0 Å². The summed E-state index contributed by atoms with van der Waals surface area (Å²) in [6.45, 7) is 0. The lowest BCUT2D eigenvalue weighted by molar-refractivity contribution is -0.387. The lowest BCUT2D eigenvalue weighted by Crippen LogP contribution is -2.32. The molecule has 1 saturated carbocycles. The maximum Gasteiger partial charge on any atom is 0.306 e. The first kappa shape index (κ1) is 13.1. The lowest BCUT2D eigenvalue weighted by atomic mass is 9.85. The minimum Gasteiger partial charge on any atom is -0.274 e. The average molecular weight is 302 g/mol. The normalized spacial score (nSPS) is 32.0. The monoisotopic (exact) mass is 302 g/mol. The number of hydrogen-bond donors (Lipinski definition) is 0. The van der Waals surface area contributed by atoms with E-state index in [0.29, 0.717) is 0 Å². The molecule has 6 nitrogen and oxygen atoms in total. The van der Waals surface area contributed by atoms with Crippen molar-refractivity contribution in [2.45, 2.75) is 6.42 Å². The molecule has 0 spiro atoms. The highest BCUT2D eigenvalue weighted by molar-refractivity contribution is 6.22. The fraction of sp³-hybridized carbons (Fsp3) is 0.333. The first-order chi connectivity index (χ1) is 10.5. The van der Waals surface area contributed by atoms with Crippen molar-refractivity contribution in [2.24, 2.45) is 23.7 Å². The number of fused-ring (bicyclic) bond motifs is 5. The lowest BCUT2D eigenvalue weighted by Gasteiger charge is -2.17. The Labute approximate surface area is 124 Å². The van der Waals surface area contributed by atoms with Gasteiger partial charge in [0.2, 0.25) is 17.6 Å². The van der Waals surface area contributed by atoms with Crippen molar-refractivity contribution in [3.05, 3.63) is 46.3 Å². The number of imide groups is 1. The van der Waals surface area contributed by atoms with Crippen LogP contribution in [0.2, 0.25) is 0 Å². The van der Waals surface area contributed by atoms with Crippen LogP contribution in [-0.4, -0.2) is 16.7 Å². The summed E-state index contributed by atoms with van der Waals surface area (Å²) < 4.78 is 13.4. The maximum absolute atomic E-state index is 13.4. The van der Waals surface area contributed by atoms with E-state index in [-0.39, 0.29) is 41.2 Å². The van der Waals surface area contributed by atoms with Crippen LogP contribution in [0.3, 0.4) is 0 Å². The Morgan fingerprint density at radius 1 is 1.14 bits per heavy atom. The van der Waals surface area contributed by atoms with Gasteiger partial charge < -0.3 is 0 Å². The fourth-order valence-electron chi connectivity index (χ4n) is 3.94. The molecule has 112 valence electrons. The number of carbonyl (C=O) groups excluding carboxylic acids is 2. The summed E-state index contributed by atoms with van der Waals surface area (Å²) >= 11 is 0. The molecule has 2 bridgehead atoms. The number of nitrogens with zero attached hydrogens (tertiary/aromatic N) is 2. The molecule has 0 radical (unpaired) electrons. The van der Waals surface area contributed by atoms with Crippen molar-refractivity contribution in [3.63, 3.8) is 0 Å². The summed E-state index contributed by atoms with van der Waals surface area (Å²) in [5, 5.41) is 10.8. The second kappa shape index (κ2) is 4.22. The Morgan fingerprint density at radius 2 is 1.73 bits per heavy atom. The highest BCUT2D eigenvalue weighted by Gasteiger charge is 2.59. The third-order valence-electron chi connectivity index (χ3n) is 4.85. The minimum absolute atomic E-state index is 0.0619. The second-order valence-electron chi connectivity index (χ2n) is 5.90. The van der Waals surface area contributed by atoms with Crippen LogP contribution in [0.4, 0.5) is 15.8 Å². The van der Waals surface area contributed by atoms with Crippen LogP contribution < -0.4 is 4.90 Å². The summed E-state index contributed by atoms with van der Waals surface area (Å²) in [5.74, 6) is -2.31. The number of nitro groups is 1. The highest BCUT2D eigenvalue weighted by atomic mass is 19.1. The van der Waals surface area contributed by atoms with Gasteiger partial charge in [0.15, 0.2) is 0 Å². The highest BCUT2D eigenvalue weighted by Crippen LogP contribution is 2.53. The molecule has 7 heteroatoms. The van der Waals surface area contributed by atoms with Crippen LogP contribution in [0.1, 0.15) is 6.42 Å². The number of rotatable bonds is 2. The number of nitro benzene ring substituents is 1. The summed E-state index contributed by atoms with van der Waals surface area (Å²) in [4.78, 5) is 36.1. The smallest absolute Gasteiger partial charge is 0.274 e. The average Bonchev–Trinajstić information content (AvgIpc) is 3.14. The molecule has 4 atom stereocenters. The van der Waals surface area contributed by atoms with Gasteiger partial charge in [-0.1, -0.05) is 12.2 Å². The van der Waals surface area contributed by atoms with Gasteiger partial charge in [-0.15, -0.1) is 0 Å². The molecular weight excluding hydrogens is 291 g/mol. The molecule has 2 fully saturated rings. The van der Waals surface area contributed by atoms with E-state index in [9.17, 15) is 24.1 Å². The van der Waals surface area contributed by atoms with E-state index < -0.39 is 16.4 Å². The Bertz CT molecular complexity index is 730. The topological polar surface area (TPSA) is 80.5 Å². The SMILES string of the molecule is O=C1[C@H]2[C@H](C(=O)N1c1ccc(F)c([N+](=O)[O-])c1)[C@H]1C=C[C@H]2C1. The molecule has 22 heavy (non-hydrogen) atoms. The number of anilines is 1.